The molecule has 172 valence electrons. The minimum absolute atomic E-state index is 0.00676. The Balaban J connectivity index is 1.34. The summed E-state index contributed by atoms with van der Waals surface area (Å²) in [5.74, 6) is 1.66. The quantitative estimate of drug-likeness (QED) is 0.242. The van der Waals surface area contributed by atoms with E-state index in [1.807, 2.05) is 60.7 Å². The molecular formula is C26H32O6. The van der Waals surface area contributed by atoms with E-state index in [9.17, 15) is 0 Å². The van der Waals surface area contributed by atoms with Crippen molar-refractivity contribution in [3.63, 3.8) is 0 Å². The van der Waals surface area contributed by atoms with Crippen molar-refractivity contribution in [2.75, 3.05) is 27.8 Å². The molecule has 0 heterocycles. The normalized spacial score (nSPS) is 18.7. The topological polar surface area (TPSA) is 55.4 Å². The molecule has 3 rings (SSSR count). The lowest BCUT2D eigenvalue weighted by Crippen LogP contribution is -2.35. The van der Waals surface area contributed by atoms with Crippen LogP contribution in [0, 0.1) is 0 Å². The maximum absolute atomic E-state index is 5.91. The van der Waals surface area contributed by atoms with Gasteiger partial charge in [-0.1, -0.05) is 37.1 Å². The van der Waals surface area contributed by atoms with Crippen LogP contribution in [0.5, 0.6) is 11.5 Å². The monoisotopic (exact) mass is 440 g/mol. The highest BCUT2D eigenvalue weighted by Crippen LogP contribution is 2.24. The van der Waals surface area contributed by atoms with Crippen molar-refractivity contribution in [1.29, 1.82) is 0 Å². The van der Waals surface area contributed by atoms with Gasteiger partial charge in [-0.05, 0) is 60.4 Å². The summed E-state index contributed by atoms with van der Waals surface area (Å²) in [6, 6.07) is 15.5. The van der Waals surface area contributed by atoms with Gasteiger partial charge in [-0.25, -0.2) is 0 Å². The second kappa shape index (κ2) is 13.5. The average molecular weight is 441 g/mol. The average Bonchev–Trinajstić information content (AvgIpc) is 2.85. The predicted molar refractivity (Wildman–Crippen MR) is 124 cm³/mol. The second-order valence-electron chi connectivity index (χ2n) is 7.42. The van der Waals surface area contributed by atoms with Gasteiger partial charge in [0.2, 0.25) is 0 Å². The molecule has 2 aromatic rings. The highest BCUT2D eigenvalue weighted by Gasteiger charge is 2.26. The molecule has 1 aliphatic rings. The van der Waals surface area contributed by atoms with Gasteiger partial charge in [0.15, 0.2) is 13.6 Å². The fraction of sp³-hybridized carbons (Fsp3) is 0.385. The molecule has 6 heteroatoms. The van der Waals surface area contributed by atoms with E-state index in [0.717, 1.165) is 48.3 Å². The van der Waals surface area contributed by atoms with E-state index in [2.05, 4.69) is 0 Å². The lowest BCUT2D eigenvalue weighted by Gasteiger charge is -2.30. The van der Waals surface area contributed by atoms with E-state index < -0.39 is 0 Å². The van der Waals surface area contributed by atoms with Gasteiger partial charge < -0.3 is 28.4 Å². The Morgan fingerprint density at radius 3 is 1.44 bits per heavy atom. The summed E-state index contributed by atoms with van der Waals surface area (Å²) in [6.07, 6.45) is 11.3. The Morgan fingerprint density at radius 2 is 1.06 bits per heavy atom. The molecule has 0 amide bonds. The van der Waals surface area contributed by atoms with Crippen molar-refractivity contribution in [2.45, 2.75) is 37.9 Å². The zero-order valence-electron chi connectivity index (χ0n) is 18.8. The van der Waals surface area contributed by atoms with Crippen molar-refractivity contribution in [1.82, 2.24) is 0 Å². The molecule has 1 aliphatic carbocycles. The van der Waals surface area contributed by atoms with Crippen molar-refractivity contribution >= 4 is 12.2 Å². The second-order valence-corrected chi connectivity index (χ2v) is 7.42. The number of hydrogen-bond donors (Lipinski definition) is 0. The highest BCUT2D eigenvalue weighted by molar-refractivity contribution is 5.50. The maximum Gasteiger partial charge on any atom is 0.188 e. The molecule has 2 aromatic carbocycles. The SMILES string of the molecule is COc1ccc(C=COCO[C@@H]2CCCC[C@H]2OCOC=Cc2ccc(OC)cc2)cc1. The summed E-state index contributed by atoms with van der Waals surface area (Å²) in [7, 11) is 3.30. The van der Waals surface area contributed by atoms with E-state index in [0.29, 0.717) is 0 Å². The molecular weight excluding hydrogens is 408 g/mol. The molecule has 6 nitrogen and oxygen atoms in total. The van der Waals surface area contributed by atoms with Gasteiger partial charge in [0.05, 0.1) is 39.0 Å². The van der Waals surface area contributed by atoms with Crippen molar-refractivity contribution < 1.29 is 28.4 Å². The Morgan fingerprint density at radius 1 is 0.656 bits per heavy atom. The molecule has 0 saturated heterocycles. The van der Waals surface area contributed by atoms with Crippen molar-refractivity contribution in [3.05, 3.63) is 72.2 Å². The van der Waals surface area contributed by atoms with Gasteiger partial charge in [0, 0.05) is 0 Å². The summed E-state index contributed by atoms with van der Waals surface area (Å²) < 4.78 is 33.2. The van der Waals surface area contributed by atoms with Gasteiger partial charge >= 0.3 is 0 Å². The molecule has 2 atom stereocenters. The van der Waals surface area contributed by atoms with Crippen LogP contribution in [-0.4, -0.2) is 40.0 Å². The molecule has 0 aromatic heterocycles. The Hall–Kier alpha value is -2.96. The predicted octanol–water partition coefficient (Wildman–Crippen LogP) is 5.64. The zero-order chi connectivity index (χ0) is 22.4. The molecule has 1 fully saturated rings. The first-order valence-electron chi connectivity index (χ1n) is 10.9. The van der Waals surface area contributed by atoms with E-state index in [1.165, 1.54) is 0 Å². The Bertz CT molecular complexity index is 757. The first-order chi connectivity index (χ1) is 15.8. The van der Waals surface area contributed by atoms with Gasteiger partial charge in [-0.15, -0.1) is 0 Å². The van der Waals surface area contributed by atoms with Gasteiger partial charge in [-0.3, -0.25) is 0 Å². The fourth-order valence-electron chi connectivity index (χ4n) is 3.46. The molecule has 0 aliphatic heterocycles. The van der Waals surface area contributed by atoms with Crippen LogP contribution in [-0.2, 0) is 18.9 Å². The minimum Gasteiger partial charge on any atom is -0.497 e. The van der Waals surface area contributed by atoms with E-state index in [1.54, 1.807) is 26.7 Å². The third-order valence-electron chi connectivity index (χ3n) is 5.29. The first kappa shape index (κ1) is 23.7. The highest BCUT2D eigenvalue weighted by atomic mass is 16.7. The molecule has 0 unspecified atom stereocenters. The van der Waals surface area contributed by atoms with Crippen LogP contribution in [0.25, 0.3) is 12.2 Å². The van der Waals surface area contributed by atoms with Crippen molar-refractivity contribution in [3.8, 4) is 11.5 Å². The fourth-order valence-corrected chi connectivity index (χ4v) is 3.46. The smallest absolute Gasteiger partial charge is 0.188 e. The summed E-state index contributed by atoms with van der Waals surface area (Å²) in [4.78, 5) is 0. The Kier molecular flexibility index (Phi) is 9.96. The molecule has 0 radical (unpaired) electrons. The lowest BCUT2D eigenvalue weighted by molar-refractivity contribution is -0.159. The molecule has 0 bridgehead atoms. The first-order valence-corrected chi connectivity index (χ1v) is 10.9. The molecule has 0 N–H and O–H groups in total. The van der Waals surface area contributed by atoms with Crippen molar-refractivity contribution in [2.24, 2.45) is 0 Å². The molecule has 1 saturated carbocycles. The third-order valence-corrected chi connectivity index (χ3v) is 5.29. The van der Waals surface area contributed by atoms with Crippen LogP contribution in [0.3, 0.4) is 0 Å². The standard InChI is InChI=1S/C26H32O6/c1-27-23-11-7-21(8-12-23)15-17-29-19-31-25-5-3-4-6-26(25)32-20-30-18-16-22-9-13-24(28-2)14-10-22/h7-18,25-26H,3-6,19-20H2,1-2H3/t25-,26-/m1/s1. The van der Waals surface area contributed by atoms with Crippen LogP contribution in [0.1, 0.15) is 36.8 Å². The molecule has 0 spiro atoms. The summed E-state index contributed by atoms with van der Waals surface area (Å²) in [5, 5.41) is 0. The summed E-state index contributed by atoms with van der Waals surface area (Å²) in [6.45, 7) is 0.380. The third kappa shape index (κ3) is 7.94. The molecule has 32 heavy (non-hydrogen) atoms. The number of hydrogen-bond acceptors (Lipinski definition) is 6. The zero-order valence-corrected chi connectivity index (χ0v) is 18.8. The largest absolute Gasteiger partial charge is 0.497 e. The van der Waals surface area contributed by atoms with Gasteiger partial charge in [0.25, 0.3) is 0 Å². The van der Waals surface area contributed by atoms with E-state index in [-0.39, 0.29) is 25.8 Å². The number of ether oxygens (including phenoxy) is 6. The summed E-state index contributed by atoms with van der Waals surface area (Å²) >= 11 is 0. The van der Waals surface area contributed by atoms with Gasteiger partial charge in [0.1, 0.15) is 11.5 Å². The van der Waals surface area contributed by atoms with Gasteiger partial charge in [-0.2, -0.15) is 0 Å². The number of methoxy groups -OCH3 is 2. The Labute approximate surface area is 190 Å². The van der Waals surface area contributed by atoms with Crippen LogP contribution < -0.4 is 9.47 Å². The van der Waals surface area contributed by atoms with Crippen LogP contribution in [0.2, 0.25) is 0 Å². The number of benzene rings is 2. The van der Waals surface area contributed by atoms with Crippen LogP contribution in [0.15, 0.2) is 61.1 Å². The maximum atomic E-state index is 5.91. The van der Waals surface area contributed by atoms with Crippen LogP contribution in [0.4, 0.5) is 0 Å². The van der Waals surface area contributed by atoms with E-state index in [4.69, 9.17) is 28.4 Å². The summed E-state index contributed by atoms with van der Waals surface area (Å²) in [5.41, 5.74) is 2.06. The van der Waals surface area contributed by atoms with Crippen LogP contribution >= 0.6 is 0 Å². The van der Waals surface area contributed by atoms with E-state index >= 15 is 0 Å². The minimum atomic E-state index is 0.00676. The lowest BCUT2D eigenvalue weighted by atomic mass is 9.95. The number of rotatable bonds is 12.